The zero-order valence-electron chi connectivity index (χ0n) is 14.6. The fourth-order valence-corrected chi connectivity index (χ4v) is 2.81. The number of aromatic nitrogens is 4. The van der Waals surface area contributed by atoms with E-state index in [2.05, 4.69) is 20.7 Å². The van der Waals surface area contributed by atoms with Crippen molar-refractivity contribution in [1.82, 2.24) is 29.8 Å². The number of hydrogen-bond acceptors (Lipinski definition) is 4. The van der Waals surface area contributed by atoms with Crippen LogP contribution in [0.2, 0.25) is 0 Å². The highest BCUT2D eigenvalue weighted by Gasteiger charge is 2.16. The summed E-state index contributed by atoms with van der Waals surface area (Å²) in [6.07, 6.45) is 6.25. The summed E-state index contributed by atoms with van der Waals surface area (Å²) in [7, 11) is 3.43. The fourth-order valence-electron chi connectivity index (χ4n) is 2.81. The minimum absolute atomic E-state index is 0.237. The second-order valence-electron chi connectivity index (χ2n) is 5.71. The molecule has 0 saturated heterocycles. The van der Waals surface area contributed by atoms with Crippen molar-refractivity contribution in [2.24, 2.45) is 7.05 Å². The summed E-state index contributed by atoms with van der Waals surface area (Å²) in [5.74, 6) is 0.669. The lowest BCUT2D eigenvalue weighted by Gasteiger charge is -2.09. The van der Waals surface area contributed by atoms with Crippen LogP contribution in [0.5, 0.6) is 5.88 Å². The number of fused-ring (bicyclic) bond motifs is 1. The van der Waals surface area contributed by atoms with Gasteiger partial charge in [0.25, 0.3) is 0 Å². The molecule has 132 valence electrons. The van der Waals surface area contributed by atoms with Gasteiger partial charge in [0.05, 0.1) is 43.0 Å². The van der Waals surface area contributed by atoms with Crippen LogP contribution in [0, 0.1) is 0 Å². The molecule has 3 aromatic rings. The zero-order valence-corrected chi connectivity index (χ0v) is 14.6. The lowest BCUT2D eigenvalue weighted by molar-refractivity contribution is 0.240. The first-order valence-electron chi connectivity index (χ1n) is 8.13. The van der Waals surface area contributed by atoms with Gasteiger partial charge in [0, 0.05) is 19.8 Å². The summed E-state index contributed by atoms with van der Waals surface area (Å²) >= 11 is 0. The van der Waals surface area contributed by atoms with Crippen LogP contribution in [0.3, 0.4) is 0 Å². The highest BCUT2D eigenvalue weighted by molar-refractivity contribution is 5.74. The number of pyridine rings is 1. The van der Waals surface area contributed by atoms with E-state index in [4.69, 9.17) is 4.74 Å². The molecule has 0 saturated carbocycles. The number of ether oxygens (including phenoxy) is 1. The van der Waals surface area contributed by atoms with Crippen LogP contribution >= 0.6 is 0 Å². The Morgan fingerprint density at radius 3 is 2.84 bits per heavy atom. The molecule has 8 nitrogen and oxygen atoms in total. The molecule has 0 aliphatic carbocycles. The summed E-state index contributed by atoms with van der Waals surface area (Å²) in [6.45, 7) is 2.83. The van der Waals surface area contributed by atoms with Gasteiger partial charge in [-0.2, -0.15) is 5.10 Å². The molecule has 0 atom stereocenters. The molecule has 0 bridgehead atoms. The van der Waals surface area contributed by atoms with Crippen LogP contribution in [0.1, 0.15) is 23.7 Å². The molecule has 3 aromatic heterocycles. The van der Waals surface area contributed by atoms with Gasteiger partial charge in [-0.3, -0.25) is 0 Å². The first kappa shape index (κ1) is 16.8. The van der Waals surface area contributed by atoms with Gasteiger partial charge < -0.3 is 19.8 Å². The van der Waals surface area contributed by atoms with Crippen molar-refractivity contribution in [3.05, 3.63) is 47.7 Å². The van der Waals surface area contributed by atoms with Crippen LogP contribution < -0.4 is 15.4 Å². The summed E-state index contributed by atoms with van der Waals surface area (Å²) in [5.41, 5.74) is 3.84. The largest absolute Gasteiger partial charge is 0.481 e. The number of hydrogen-bond donors (Lipinski definition) is 2. The highest BCUT2D eigenvalue weighted by atomic mass is 16.5. The Bertz CT molecular complexity index is 883. The van der Waals surface area contributed by atoms with Gasteiger partial charge in [-0.05, 0) is 18.1 Å². The Hall–Kier alpha value is -3.03. The van der Waals surface area contributed by atoms with E-state index in [1.807, 2.05) is 36.7 Å². The number of carbonyl (C=O) groups is 1. The van der Waals surface area contributed by atoms with Gasteiger partial charge >= 0.3 is 6.03 Å². The monoisotopic (exact) mass is 342 g/mol. The van der Waals surface area contributed by atoms with E-state index < -0.39 is 0 Å². The van der Waals surface area contributed by atoms with Gasteiger partial charge in [-0.1, -0.05) is 13.0 Å². The van der Waals surface area contributed by atoms with Gasteiger partial charge in [-0.15, -0.1) is 0 Å². The quantitative estimate of drug-likeness (QED) is 0.713. The van der Waals surface area contributed by atoms with Crippen molar-refractivity contribution < 1.29 is 9.53 Å². The Labute approximate surface area is 145 Å². The number of aryl methyl sites for hydroxylation is 2. The molecule has 3 heterocycles. The van der Waals surface area contributed by atoms with E-state index in [-0.39, 0.29) is 6.03 Å². The topological polar surface area (TPSA) is 85.5 Å². The van der Waals surface area contributed by atoms with Crippen LogP contribution in [-0.4, -0.2) is 32.3 Å². The van der Waals surface area contributed by atoms with Crippen LogP contribution in [-0.2, 0) is 26.6 Å². The zero-order chi connectivity index (χ0) is 17.8. The number of amides is 2. The standard InChI is InChI=1S/C17H22N6O2/c1-4-15-14(16(25-3)22(2)21-15)9-20-17(24)19-7-12-5-6-13-8-18-11-23(13)10-12/h5-6,8,10-11H,4,7,9H2,1-3H3,(H2,19,20,24). The second-order valence-corrected chi connectivity index (χ2v) is 5.71. The average molecular weight is 342 g/mol. The number of carbonyl (C=O) groups excluding carboxylic acids is 1. The predicted octanol–water partition coefficient (Wildman–Crippen LogP) is 1.64. The molecule has 2 amide bonds. The smallest absolute Gasteiger partial charge is 0.315 e. The van der Waals surface area contributed by atoms with Crippen LogP contribution in [0.15, 0.2) is 30.9 Å². The summed E-state index contributed by atoms with van der Waals surface area (Å²) in [6, 6.07) is 3.70. The fraction of sp³-hybridized carbons (Fsp3) is 0.353. The van der Waals surface area contributed by atoms with Crippen LogP contribution in [0.25, 0.3) is 5.52 Å². The maximum Gasteiger partial charge on any atom is 0.315 e. The van der Waals surface area contributed by atoms with E-state index in [9.17, 15) is 4.79 Å². The SMILES string of the molecule is CCc1nn(C)c(OC)c1CNC(=O)NCc1ccc2cncn2c1. The molecule has 0 unspecified atom stereocenters. The Morgan fingerprint density at radius 1 is 1.28 bits per heavy atom. The molecule has 3 rings (SSSR count). The predicted molar refractivity (Wildman–Crippen MR) is 93.4 cm³/mol. The number of urea groups is 1. The van der Waals surface area contributed by atoms with Crippen LogP contribution in [0.4, 0.5) is 4.79 Å². The molecular formula is C17H22N6O2. The first-order valence-corrected chi connectivity index (χ1v) is 8.13. The molecule has 0 aromatic carbocycles. The first-order chi connectivity index (χ1) is 12.1. The third-order valence-electron chi connectivity index (χ3n) is 4.05. The maximum absolute atomic E-state index is 12.1. The summed E-state index contributed by atoms with van der Waals surface area (Å²) < 4.78 is 8.98. The van der Waals surface area contributed by atoms with E-state index in [1.54, 1.807) is 24.3 Å². The summed E-state index contributed by atoms with van der Waals surface area (Å²) in [4.78, 5) is 16.2. The molecule has 0 spiro atoms. The maximum atomic E-state index is 12.1. The Morgan fingerprint density at radius 2 is 2.08 bits per heavy atom. The third-order valence-corrected chi connectivity index (χ3v) is 4.05. The molecular weight excluding hydrogens is 320 g/mol. The molecule has 0 fully saturated rings. The minimum atomic E-state index is -0.237. The lowest BCUT2D eigenvalue weighted by Crippen LogP contribution is -2.34. The van der Waals surface area contributed by atoms with Gasteiger partial charge in [-0.25, -0.2) is 14.5 Å². The van der Waals surface area contributed by atoms with E-state index >= 15 is 0 Å². The van der Waals surface area contributed by atoms with E-state index in [1.165, 1.54) is 0 Å². The number of rotatable bonds is 6. The number of imidazole rings is 1. The molecule has 25 heavy (non-hydrogen) atoms. The average Bonchev–Trinajstić information content (AvgIpc) is 3.20. The number of nitrogens with zero attached hydrogens (tertiary/aromatic N) is 4. The lowest BCUT2D eigenvalue weighted by atomic mass is 10.2. The van der Waals surface area contributed by atoms with Crippen molar-refractivity contribution in [3.8, 4) is 5.88 Å². The third kappa shape index (κ3) is 3.57. The summed E-state index contributed by atoms with van der Waals surface area (Å²) in [5, 5.41) is 10.1. The number of nitrogens with one attached hydrogen (secondary N) is 2. The van der Waals surface area contributed by atoms with Crippen molar-refractivity contribution in [2.75, 3.05) is 7.11 Å². The Balaban J connectivity index is 1.58. The van der Waals surface area contributed by atoms with Crippen molar-refractivity contribution in [2.45, 2.75) is 26.4 Å². The van der Waals surface area contributed by atoms with Gasteiger partial charge in [0.2, 0.25) is 5.88 Å². The van der Waals surface area contributed by atoms with Crippen molar-refractivity contribution in [1.29, 1.82) is 0 Å². The highest BCUT2D eigenvalue weighted by Crippen LogP contribution is 2.21. The second kappa shape index (κ2) is 7.25. The molecule has 0 aliphatic heterocycles. The molecule has 0 radical (unpaired) electrons. The molecule has 2 N–H and O–H groups in total. The molecule has 8 heteroatoms. The van der Waals surface area contributed by atoms with E-state index in [0.29, 0.717) is 19.0 Å². The van der Waals surface area contributed by atoms with Crippen molar-refractivity contribution in [3.63, 3.8) is 0 Å². The number of methoxy groups -OCH3 is 1. The van der Waals surface area contributed by atoms with Gasteiger partial charge in [0.15, 0.2) is 0 Å². The van der Waals surface area contributed by atoms with E-state index in [0.717, 1.165) is 28.8 Å². The minimum Gasteiger partial charge on any atom is -0.481 e. The van der Waals surface area contributed by atoms with Gasteiger partial charge in [0.1, 0.15) is 0 Å². The van der Waals surface area contributed by atoms with Crippen molar-refractivity contribution >= 4 is 11.5 Å². The molecule has 0 aliphatic rings. The Kier molecular flexibility index (Phi) is 4.87. The normalized spacial score (nSPS) is 10.8.